The number of hydrogen-bond acceptors (Lipinski definition) is 8. The van der Waals surface area contributed by atoms with Crippen molar-refractivity contribution < 1.29 is 37.3 Å². The van der Waals surface area contributed by atoms with Crippen LogP contribution in [-0.4, -0.2) is 83.7 Å². The number of carbonyl (C=O) groups excluding carboxylic acids is 1. The Bertz CT molecular complexity index is 961. The Morgan fingerprint density at radius 3 is 2.50 bits per heavy atom. The van der Waals surface area contributed by atoms with Crippen molar-refractivity contribution in [3.8, 4) is 5.75 Å². The molecule has 0 aromatic heterocycles. The van der Waals surface area contributed by atoms with E-state index in [0.717, 1.165) is 12.8 Å². The smallest absolute Gasteiger partial charge is 0.286 e. The quantitative estimate of drug-likeness (QED) is 0.352. The van der Waals surface area contributed by atoms with E-state index in [1.807, 2.05) is 6.08 Å². The van der Waals surface area contributed by atoms with Crippen molar-refractivity contribution in [2.24, 2.45) is 11.8 Å². The number of allylic oxidation sites excluding steroid dienone is 1. The lowest BCUT2D eigenvalue weighted by Gasteiger charge is -2.32. The largest absolute Gasteiger partial charge is 0.497 e. The topological polar surface area (TPSA) is 124 Å². The SMILES string of the molecule is COCCNC(=O)C1=C[C@@H](C2CCCC2)C[C@@H](OCCN(CCO)S(=O)(=O)c2ccc(OC)cc2)O1. The number of nitrogens with zero attached hydrogens (tertiary/aromatic N) is 1. The fourth-order valence-corrected chi connectivity index (χ4v) is 6.07. The van der Waals surface area contributed by atoms with Gasteiger partial charge in [-0.25, -0.2) is 8.42 Å². The summed E-state index contributed by atoms with van der Waals surface area (Å²) in [6.07, 6.45) is 6.41. The minimum Gasteiger partial charge on any atom is -0.497 e. The molecule has 1 aliphatic heterocycles. The van der Waals surface area contributed by atoms with Crippen LogP contribution in [-0.2, 0) is 29.0 Å². The molecule has 2 atom stereocenters. The molecule has 1 heterocycles. The molecule has 202 valence electrons. The second kappa shape index (κ2) is 13.9. The van der Waals surface area contributed by atoms with Crippen LogP contribution >= 0.6 is 0 Å². The molecule has 10 nitrogen and oxygen atoms in total. The van der Waals surface area contributed by atoms with Crippen molar-refractivity contribution in [3.05, 3.63) is 36.1 Å². The second-order valence-corrected chi connectivity index (χ2v) is 10.9. The summed E-state index contributed by atoms with van der Waals surface area (Å²) in [5.41, 5.74) is 0. The van der Waals surface area contributed by atoms with E-state index in [-0.39, 0.29) is 48.8 Å². The molecule has 1 aromatic carbocycles. The molecule has 0 spiro atoms. The minimum absolute atomic E-state index is 0.0297. The van der Waals surface area contributed by atoms with Gasteiger partial charge in [-0.15, -0.1) is 0 Å². The zero-order chi connectivity index (χ0) is 26.0. The Hall–Kier alpha value is -2.18. The molecule has 0 unspecified atom stereocenters. The highest BCUT2D eigenvalue weighted by atomic mass is 32.2. The standard InChI is InChI=1S/C25H38N2O8S/c1-32-15-11-26-25(29)23-17-20(19-5-3-4-6-19)18-24(35-23)34-16-13-27(12-14-28)36(30,31)22-9-7-21(33-2)8-10-22/h7-10,17,19-20,24,28H,3-6,11-16,18H2,1-2H3,(H,26,29)/t20-,24+/m1/s1. The normalized spacial score (nSPS) is 20.7. The molecule has 3 rings (SSSR count). The number of sulfonamides is 1. The van der Waals surface area contributed by atoms with Crippen LogP contribution in [0.25, 0.3) is 0 Å². The Morgan fingerprint density at radius 2 is 1.86 bits per heavy atom. The van der Waals surface area contributed by atoms with E-state index in [9.17, 15) is 18.3 Å². The highest BCUT2D eigenvalue weighted by molar-refractivity contribution is 7.89. The first-order valence-electron chi connectivity index (χ1n) is 12.4. The number of carbonyl (C=O) groups is 1. The van der Waals surface area contributed by atoms with Crippen LogP contribution in [0.3, 0.4) is 0 Å². The fraction of sp³-hybridized carbons (Fsp3) is 0.640. The summed E-state index contributed by atoms with van der Waals surface area (Å²) in [7, 11) is -0.768. The van der Waals surface area contributed by atoms with E-state index in [1.165, 1.54) is 36.4 Å². The maximum absolute atomic E-state index is 13.1. The van der Waals surface area contributed by atoms with Crippen LogP contribution in [0, 0.1) is 11.8 Å². The van der Waals surface area contributed by atoms with Crippen LogP contribution < -0.4 is 10.1 Å². The minimum atomic E-state index is -3.84. The van der Waals surface area contributed by atoms with Gasteiger partial charge in [-0.2, -0.15) is 4.31 Å². The number of hydrogen-bond donors (Lipinski definition) is 2. The molecular formula is C25H38N2O8S. The summed E-state index contributed by atoms with van der Waals surface area (Å²) < 4.78 is 49.3. The zero-order valence-corrected chi connectivity index (χ0v) is 21.9. The van der Waals surface area contributed by atoms with Gasteiger partial charge < -0.3 is 29.4 Å². The summed E-state index contributed by atoms with van der Waals surface area (Å²) in [5.74, 6) is 1.10. The highest BCUT2D eigenvalue weighted by Gasteiger charge is 2.34. The second-order valence-electron chi connectivity index (χ2n) is 8.95. The molecule has 1 fully saturated rings. The first kappa shape index (κ1) is 28.4. The van der Waals surface area contributed by atoms with Crippen LogP contribution in [0.15, 0.2) is 41.0 Å². The predicted octanol–water partition coefficient (Wildman–Crippen LogP) is 1.89. The van der Waals surface area contributed by atoms with Crippen LogP contribution in [0.4, 0.5) is 0 Å². The highest BCUT2D eigenvalue weighted by Crippen LogP contribution is 2.38. The van der Waals surface area contributed by atoms with E-state index in [4.69, 9.17) is 18.9 Å². The van der Waals surface area contributed by atoms with E-state index in [1.54, 1.807) is 19.2 Å². The molecule has 2 aliphatic rings. The maximum Gasteiger partial charge on any atom is 0.286 e. The molecule has 1 aromatic rings. The van der Waals surface area contributed by atoms with Crippen LogP contribution in [0.1, 0.15) is 32.1 Å². The van der Waals surface area contributed by atoms with Crippen LogP contribution in [0.5, 0.6) is 5.75 Å². The van der Waals surface area contributed by atoms with E-state index in [0.29, 0.717) is 31.2 Å². The number of aliphatic hydroxyl groups is 1. The first-order valence-corrected chi connectivity index (χ1v) is 13.8. The Kier molecular flexibility index (Phi) is 11.0. The summed E-state index contributed by atoms with van der Waals surface area (Å²) in [6, 6.07) is 6.08. The third-order valence-electron chi connectivity index (χ3n) is 6.60. The molecule has 0 saturated heterocycles. The monoisotopic (exact) mass is 526 g/mol. The van der Waals surface area contributed by atoms with Crippen LogP contribution in [0.2, 0.25) is 0 Å². The maximum atomic E-state index is 13.1. The van der Waals surface area contributed by atoms with Crippen molar-refractivity contribution in [1.29, 1.82) is 0 Å². The summed E-state index contributed by atoms with van der Waals surface area (Å²) in [5, 5.41) is 12.3. The molecule has 1 saturated carbocycles. The van der Waals surface area contributed by atoms with Crippen molar-refractivity contribution in [3.63, 3.8) is 0 Å². The Morgan fingerprint density at radius 1 is 1.14 bits per heavy atom. The molecule has 1 aliphatic carbocycles. The van der Waals surface area contributed by atoms with Crippen molar-refractivity contribution in [2.75, 3.05) is 53.7 Å². The van der Waals surface area contributed by atoms with Gasteiger partial charge in [-0.3, -0.25) is 4.79 Å². The lowest BCUT2D eigenvalue weighted by molar-refractivity contribution is -0.151. The number of nitrogens with one attached hydrogen (secondary N) is 1. The molecule has 0 radical (unpaired) electrons. The predicted molar refractivity (Wildman–Crippen MR) is 133 cm³/mol. The van der Waals surface area contributed by atoms with Gasteiger partial charge in [-0.05, 0) is 55.0 Å². The molecule has 11 heteroatoms. The number of amides is 1. The van der Waals surface area contributed by atoms with Crippen molar-refractivity contribution >= 4 is 15.9 Å². The number of rotatable bonds is 14. The van der Waals surface area contributed by atoms with Gasteiger partial charge in [0.25, 0.3) is 5.91 Å². The summed E-state index contributed by atoms with van der Waals surface area (Å²) in [6.45, 7) is 0.454. The number of benzene rings is 1. The molecule has 0 bridgehead atoms. The third kappa shape index (κ3) is 7.66. The molecule has 1 amide bonds. The third-order valence-corrected chi connectivity index (χ3v) is 8.51. The average Bonchev–Trinajstić information content (AvgIpc) is 3.43. The summed E-state index contributed by atoms with van der Waals surface area (Å²) in [4.78, 5) is 12.7. The van der Waals surface area contributed by atoms with Gasteiger partial charge in [0.2, 0.25) is 16.3 Å². The molecule has 36 heavy (non-hydrogen) atoms. The van der Waals surface area contributed by atoms with Gasteiger partial charge in [0.15, 0.2) is 5.76 Å². The van der Waals surface area contributed by atoms with Gasteiger partial charge in [0, 0.05) is 33.2 Å². The number of methoxy groups -OCH3 is 2. The van der Waals surface area contributed by atoms with Crippen molar-refractivity contribution in [1.82, 2.24) is 9.62 Å². The Balaban J connectivity index is 1.63. The van der Waals surface area contributed by atoms with E-state index in [2.05, 4.69) is 5.32 Å². The zero-order valence-electron chi connectivity index (χ0n) is 21.1. The van der Waals surface area contributed by atoms with Crippen molar-refractivity contribution in [2.45, 2.75) is 43.3 Å². The van der Waals surface area contributed by atoms with E-state index >= 15 is 0 Å². The van der Waals surface area contributed by atoms with Gasteiger partial charge in [0.05, 0.1) is 31.8 Å². The van der Waals surface area contributed by atoms with E-state index < -0.39 is 16.3 Å². The summed E-state index contributed by atoms with van der Waals surface area (Å²) >= 11 is 0. The van der Waals surface area contributed by atoms with Gasteiger partial charge in [0.1, 0.15) is 5.75 Å². The van der Waals surface area contributed by atoms with Gasteiger partial charge in [-0.1, -0.05) is 12.8 Å². The first-order chi connectivity index (χ1) is 17.4. The Labute approximate surface area is 213 Å². The average molecular weight is 527 g/mol. The number of aliphatic hydroxyl groups excluding tert-OH is 1. The lowest BCUT2D eigenvalue weighted by atomic mass is 9.86. The molecular weight excluding hydrogens is 488 g/mol. The fourth-order valence-electron chi connectivity index (χ4n) is 4.66. The lowest BCUT2D eigenvalue weighted by Crippen LogP contribution is -2.39. The number of ether oxygens (including phenoxy) is 4. The van der Waals surface area contributed by atoms with Gasteiger partial charge >= 0.3 is 0 Å². The molecule has 2 N–H and O–H groups in total.